The van der Waals surface area contributed by atoms with Crippen LogP contribution in [0.2, 0.25) is 5.02 Å². The van der Waals surface area contributed by atoms with Gasteiger partial charge in [0.15, 0.2) is 6.10 Å². The molecular formula is C25H22ClNO4. The number of fused-ring (bicyclic) bond motifs is 5. The highest BCUT2D eigenvalue weighted by Crippen LogP contribution is 2.54. The van der Waals surface area contributed by atoms with E-state index in [9.17, 15) is 14.4 Å². The summed E-state index contributed by atoms with van der Waals surface area (Å²) < 4.78 is 5.98. The van der Waals surface area contributed by atoms with Crippen molar-refractivity contribution in [1.82, 2.24) is 0 Å². The third kappa shape index (κ3) is 3.19. The zero-order valence-corrected chi connectivity index (χ0v) is 18.0. The molecule has 31 heavy (non-hydrogen) atoms. The molecular weight excluding hydrogens is 414 g/mol. The van der Waals surface area contributed by atoms with Gasteiger partial charge in [0.05, 0.1) is 17.5 Å². The van der Waals surface area contributed by atoms with Crippen LogP contribution in [0.15, 0.2) is 54.6 Å². The molecule has 5 nitrogen and oxygen atoms in total. The van der Waals surface area contributed by atoms with E-state index in [2.05, 4.69) is 12.2 Å². The quantitative estimate of drug-likeness (QED) is 0.391. The van der Waals surface area contributed by atoms with Gasteiger partial charge in [-0.25, -0.2) is 4.90 Å². The Kier molecular flexibility index (Phi) is 4.74. The number of Topliss-reactive ketones (excluding diaryl/α,β-unsaturated/α-hetero) is 1. The maximum absolute atomic E-state index is 13.2. The predicted molar refractivity (Wildman–Crippen MR) is 117 cm³/mol. The third-order valence-corrected chi connectivity index (χ3v) is 6.88. The van der Waals surface area contributed by atoms with E-state index in [-0.39, 0.29) is 41.3 Å². The molecule has 0 aromatic heterocycles. The number of aryl methyl sites for hydroxylation is 1. The van der Waals surface area contributed by atoms with Crippen molar-refractivity contribution in [2.24, 2.45) is 23.7 Å². The second-order valence-electron chi connectivity index (χ2n) is 8.61. The molecule has 0 unspecified atom stereocenters. The van der Waals surface area contributed by atoms with E-state index in [0.29, 0.717) is 22.0 Å². The van der Waals surface area contributed by atoms with E-state index in [0.717, 1.165) is 12.0 Å². The molecule has 0 N–H and O–H groups in total. The summed E-state index contributed by atoms with van der Waals surface area (Å²) in [5, 5.41) is 0.388. The Hall–Kier alpha value is -2.92. The number of rotatable bonds is 5. The first kappa shape index (κ1) is 20.0. The molecule has 1 saturated carbocycles. The summed E-state index contributed by atoms with van der Waals surface area (Å²) >= 11 is 6.21. The largest absolute Gasteiger partial charge is 0.480 e. The van der Waals surface area contributed by atoms with Gasteiger partial charge in [0, 0.05) is 10.6 Å². The number of halogens is 1. The van der Waals surface area contributed by atoms with Gasteiger partial charge in [0.1, 0.15) is 5.75 Å². The minimum Gasteiger partial charge on any atom is -0.480 e. The molecule has 6 heteroatoms. The van der Waals surface area contributed by atoms with Crippen LogP contribution in [0, 0.1) is 30.6 Å². The molecule has 2 amide bonds. The molecule has 3 aliphatic rings. The molecule has 5 atom stereocenters. The highest BCUT2D eigenvalue weighted by molar-refractivity contribution is 6.31. The van der Waals surface area contributed by atoms with E-state index in [1.54, 1.807) is 37.3 Å². The molecule has 0 radical (unpaired) electrons. The van der Waals surface area contributed by atoms with E-state index in [1.165, 1.54) is 4.90 Å². The Morgan fingerprint density at radius 2 is 1.65 bits per heavy atom. The van der Waals surface area contributed by atoms with Crippen LogP contribution in [-0.2, 0) is 9.59 Å². The summed E-state index contributed by atoms with van der Waals surface area (Å²) in [5.74, 6) is -0.725. The Morgan fingerprint density at radius 3 is 2.26 bits per heavy atom. The van der Waals surface area contributed by atoms with Crippen molar-refractivity contribution in [3.8, 4) is 5.75 Å². The summed E-state index contributed by atoms with van der Waals surface area (Å²) in [6, 6.07) is 12.1. The number of nitrogens with zero attached hydrogens (tertiary/aromatic N) is 1. The van der Waals surface area contributed by atoms with Crippen molar-refractivity contribution in [3.05, 3.63) is 70.8 Å². The Balaban J connectivity index is 1.44. The van der Waals surface area contributed by atoms with Gasteiger partial charge in [-0.3, -0.25) is 14.4 Å². The first-order chi connectivity index (χ1) is 14.8. The lowest BCUT2D eigenvalue weighted by Crippen LogP contribution is -2.34. The predicted octanol–water partition coefficient (Wildman–Crippen LogP) is 4.61. The van der Waals surface area contributed by atoms with Crippen LogP contribution in [0.4, 0.5) is 5.69 Å². The Morgan fingerprint density at radius 1 is 1.03 bits per heavy atom. The molecule has 2 aromatic carbocycles. The average molecular weight is 436 g/mol. The van der Waals surface area contributed by atoms with E-state index in [4.69, 9.17) is 16.3 Å². The lowest BCUT2D eigenvalue weighted by atomic mass is 9.85. The molecule has 5 rings (SSSR count). The lowest BCUT2D eigenvalue weighted by molar-refractivity contribution is -0.123. The number of hydrogen-bond donors (Lipinski definition) is 0. The van der Waals surface area contributed by atoms with Crippen molar-refractivity contribution in [2.45, 2.75) is 26.4 Å². The highest BCUT2D eigenvalue weighted by Gasteiger charge is 2.60. The standard InChI is InChI=1S/C25H22ClNO4/c1-13-3-5-15(6-4-13)23(28)14(2)31-20-10-9-18(26)12-19(20)27-24(29)21-16-7-8-17(11-16)22(21)25(27)30/h3-10,12,14,16-17,21-22H,11H2,1-2H3/t14-,16-,17+,21-,22-/m0/s1. The number of hydrogen-bond acceptors (Lipinski definition) is 4. The first-order valence-electron chi connectivity index (χ1n) is 10.5. The van der Waals surface area contributed by atoms with Crippen LogP contribution in [0.25, 0.3) is 0 Å². The fourth-order valence-corrected chi connectivity index (χ4v) is 5.27. The van der Waals surface area contributed by atoms with Crippen molar-refractivity contribution in [3.63, 3.8) is 0 Å². The minimum absolute atomic E-state index is 0.113. The van der Waals surface area contributed by atoms with Gasteiger partial charge < -0.3 is 4.74 Å². The first-order valence-corrected chi connectivity index (χ1v) is 10.9. The second kappa shape index (κ2) is 7.34. The topological polar surface area (TPSA) is 63.7 Å². The highest BCUT2D eigenvalue weighted by atomic mass is 35.5. The monoisotopic (exact) mass is 435 g/mol. The SMILES string of the molecule is Cc1ccc(C(=O)[C@H](C)Oc2ccc(Cl)cc2N2C(=O)[C@@H]3[C@@H](C2=O)[C@H]2C=C[C@@H]3C2)cc1. The van der Waals surface area contributed by atoms with Gasteiger partial charge in [-0.05, 0) is 50.3 Å². The number of ketones is 1. The number of allylic oxidation sites excluding steroid dienone is 2. The fraction of sp³-hybridized carbons (Fsp3) is 0.320. The molecule has 1 saturated heterocycles. The normalized spacial score (nSPS) is 27.0. The smallest absolute Gasteiger partial charge is 0.238 e. The number of carbonyl (C=O) groups excluding carboxylic acids is 3. The molecule has 1 heterocycles. The molecule has 0 spiro atoms. The molecule has 2 bridgehead atoms. The summed E-state index contributed by atoms with van der Waals surface area (Å²) in [6.45, 7) is 3.61. The number of carbonyl (C=O) groups is 3. The van der Waals surface area contributed by atoms with Crippen LogP contribution in [0.1, 0.15) is 29.3 Å². The van der Waals surface area contributed by atoms with Gasteiger partial charge in [-0.2, -0.15) is 0 Å². The van der Waals surface area contributed by atoms with Crippen LogP contribution in [0.3, 0.4) is 0 Å². The van der Waals surface area contributed by atoms with Gasteiger partial charge in [0.25, 0.3) is 0 Å². The maximum Gasteiger partial charge on any atom is 0.238 e. The second-order valence-corrected chi connectivity index (χ2v) is 9.05. The van der Waals surface area contributed by atoms with Crippen LogP contribution < -0.4 is 9.64 Å². The minimum atomic E-state index is -0.798. The Bertz CT molecular complexity index is 1090. The van der Waals surface area contributed by atoms with E-state index >= 15 is 0 Å². The van der Waals surface area contributed by atoms with Crippen molar-refractivity contribution in [2.75, 3.05) is 4.90 Å². The Labute approximate surface area is 185 Å². The summed E-state index contributed by atoms with van der Waals surface area (Å²) in [6.07, 6.45) is 4.17. The zero-order chi connectivity index (χ0) is 21.9. The summed E-state index contributed by atoms with van der Waals surface area (Å²) in [4.78, 5) is 40.5. The molecule has 2 aromatic rings. The maximum atomic E-state index is 13.2. The molecule has 2 aliphatic carbocycles. The summed E-state index contributed by atoms with van der Waals surface area (Å²) in [7, 11) is 0. The van der Waals surface area contributed by atoms with E-state index in [1.807, 2.05) is 19.1 Å². The third-order valence-electron chi connectivity index (χ3n) is 6.64. The number of amides is 2. The van der Waals surface area contributed by atoms with Gasteiger partial charge >= 0.3 is 0 Å². The van der Waals surface area contributed by atoms with Crippen LogP contribution in [0.5, 0.6) is 5.75 Å². The van der Waals surface area contributed by atoms with Gasteiger partial charge in [0.2, 0.25) is 17.6 Å². The number of ether oxygens (including phenoxy) is 1. The molecule has 2 fully saturated rings. The zero-order valence-electron chi connectivity index (χ0n) is 17.2. The molecule has 158 valence electrons. The van der Waals surface area contributed by atoms with Crippen molar-refractivity contribution >= 4 is 34.9 Å². The van der Waals surface area contributed by atoms with Crippen molar-refractivity contribution in [1.29, 1.82) is 0 Å². The van der Waals surface area contributed by atoms with Crippen molar-refractivity contribution < 1.29 is 19.1 Å². The summed E-state index contributed by atoms with van der Waals surface area (Å²) in [5.41, 5.74) is 1.91. The number of imide groups is 1. The van der Waals surface area contributed by atoms with Crippen LogP contribution >= 0.6 is 11.6 Å². The van der Waals surface area contributed by atoms with Gasteiger partial charge in [-0.1, -0.05) is 53.6 Å². The average Bonchev–Trinajstić information content (AvgIpc) is 3.43. The van der Waals surface area contributed by atoms with Gasteiger partial charge in [-0.15, -0.1) is 0 Å². The number of anilines is 1. The van der Waals surface area contributed by atoms with Crippen LogP contribution in [-0.4, -0.2) is 23.7 Å². The molecule has 1 aliphatic heterocycles. The van der Waals surface area contributed by atoms with E-state index < -0.39 is 6.10 Å². The fourth-order valence-electron chi connectivity index (χ4n) is 5.10. The number of benzene rings is 2. The lowest BCUT2D eigenvalue weighted by Gasteiger charge is -2.23.